The van der Waals surface area contributed by atoms with Crippen LogP contribution in [0.5, 0.6) is 0 Å². The standard InChI is InChI=1S/C15H31N3O/c1-13(2)18(10-14-4-6-16-7-5-14)12-15-11-17(3)8-9-19-15/h13-16H,4-12H2,1-3H3. The molecule has 0 amide bonds. The third-order valence-corrected chi connectivity index (χ3v) is 4.46. The van der Waals surface area contributed by atoms with Gasteiger partial charge < -0.3 is 15.0 Å². The quantitative estimate of drug-likeness (QED) is 0.807. The first kappa shape index (κ1) is 15.2. The lowest BCUT2D eigenvalue weighted by molar-refractivity contribution is -0.0421. The normalized spacial score (nSPS) is 27.3. The second kappa shape index (κ2) is 7.58. The summed E-state index contributed by atoms with van der Waals surface area (Å²) in [5.74, 6) is 0.866. The van der Waals surface area contributed by atoms with E-state index in [0.717, 1.165) is 32.2 Å². The molecule has 0 aliphatic carbocycles. The van der Waals surface area contributed by atoms with Crippen LogP contribution in [0.4, 0.5) is 0 Å². The number of hydrogen-bond donors (Lipinski definition) is 1. The molecule has 1 atom stereocenters. The van der Waals surface area contributed by atoms with Crippen LogP contribution in [0.2, 0.25) is 0 Å². The van der Waals surface area contributed by atoms with Crippen LogP contribution in [0, 0.1) is 5.92 Å². The van der Waals surface area contributed by atoms with Gasteiger partial charge >= 0.3 is 0 Å². The predicted molar refractivity (Wildman–Crippen MR) is 79.5 cm³/mol. The van der Waals surface area contributed by atoms with E-state index in [1.165, 1.54) is 32.5 Å². The van der Waals surface area contributed by atoms with Crippen LogP contribution >= 0.6 is 0 Å². The lowest BCUT2D eigenvalue weighted by Crippen LogP contribution is -2.49. The Kier molecular flexibility index (Phi) is 6.07. The van der Waals surface area contributed by atoms with Crippen LogP contribution in [0.3, 0.4) is 0 Å². The van der Waals surface area contributed by atoms with Crippen LogP contribution in [-0.2, 0) is 4.74 Å². The highest BCUT2D eigenvalue weighted by Crippen LogP contribution is 2.16. The average molecular weight is 269 g/mol. The largest absolute Gasteiger partial charge is 0.374 e. The number of hydrogen-bond acceptors (Lipinski definition) is 4. The zero-order chi connectivity index (χ0) is 13.7. The van der Waals surface area contributed by atoms with Crippen molar-refractivity contribution in [2.45, 2.75) is 38.8 Å². The molecule has 2 aliphatic heterocycles. The van der Waals surface area contributed by atoms with Gasteiger partial charge in [0.1, 0.15) is 0 Å². The summed E-state index contributed by atoms with van der Waals surface area (Å²) in [5, 5.41) is 3.45. The minimum atomic E-state index is 0.392. The number of nitrogens with zero attached hydrogens (tertiary/aromatic N) is 2. The van der Waals surface area contributed by atoms with Crippen molar-refractivity contribution in [2.75, 3.05) is 52.9 Å². The van der Waals surface area contributed by atoms with Gasteiger partial charge in [0.05, 0.1) is 12.7 Å². The highest BCUT2D eigenvalue weighted by molar-refractivity contribution is 4.79. The monoisotopic (exact) mass is 269 g/mol. The van der Waals surface area contributed by atoms with E-state index in [1.807, 2.05) is 0 Å². The Morgan fingerprint density at radius 1 is 1.26 bits per heavy atom. The third-order valence-electron chi connectivity index (χ3n) is 4.46. The van der Waals surface area contributed by atoms with E-state index < -0.39 is 0 Å². The summed E-state index contributed by atoms with van der Waals surface area (Å²) in [6, 6.07) is 0.616. The summed E-state index contributed by atoms with van der Waals surface area (Å²) in [5.41, 5.74) is 0. The highest BCUT2D eigenvalue weighted by Gasteiger charge is 2.24. The number of nitrogens with one attached hydrogen (secondary N) is 1. The van der Waals surface area contributed by atoms with Gasteiger partial charge in [0.25, 0.3) is 0 Å². The van der Waals surface area contributed by atoms with Crippen molar-refractivity contribution in [2.24, 2.45) is 5.92 Å². The van der Waals surface area contributed by atoms with Gasteiger partial charge in [0, 0.05) is 32.2 Å². The minimum absolute atomic E-state index is 0.392. The Bertz CT molecular complexity index is 254. The number of likely N-dealkylation sites (N-methyl/N-ethyl adjacent to an activating group) is 1. The van der Waals surface area contributed by atoms with Gasteiger partial charge in [-0.05, 0) is 52.7 Å². The number of ether oxygens (including phenoxy) is 1. The van der Waals surface area contributed by atoms with Gasteiger partial charge in [-0.15, -0.1) is 0 Å². The predicted octanol–water partition coefficient (Wildman–Crippen LogP) is 1.03. The second-order valence-corrected chi connectivity index (χ2v) is 6.50. The van der Waals surface area contributed by atoms with Crippen LogP contribution in [0.15, 0.2) is 0 Å². The van der Waals surface area contributed by atoms with Crippen molar-refractivity contribution in [1.29, 1.82) is 0 Å². The van der Waals surface area contributed by atoms with Crippen molar-refractivity contribution in [1.82, 2.24) is 15.1 Å². The van der Waals surface area contributed by atoms with Gasteiger partial charge in [0.2, 0.25) is 0 Å². The molecule has 4 nitrogen and oxygen atoms in total. The van der Waals surface area contributed by atoms with Crippen molar-refractivity contribution < 1.29 is 4.74 Å². The van der Waals surface area contributed by atoms with E-state index >= 15 is 0 Å². The first-order valence-electron chi connectivity index (χ1n) is 7.90. The molecular weight excluding hydrogens is 238 g/mol. The molecule has 0 aromatic carbocycles. The van der Waals surface area contributed by atoms with E-state index in [1.54, 1.807) is 0 Å². The Labute approximate surface area is 118 Å². The highest BCUT2D eigenvalue weighted by atomic mass is 16.5. The van der Waals surface area contributed by atoms with Crippen LogP contribution in [0.1, 0.15) is 26.7 Å². The Morgan fingerprint density at radius 2 is 2.00 bits per heavy atom. The van der Waals surface area contributed by atoms with Gasteiger partial charge in [0.15, 0.2) is 0 Å². The molecule has 4 heteroatoms. The minimum Gasteiger partial charge on any atom is -0.374 e. The van der Waals surface area contributed by atoms with Crippen molar-refractivity contribution >= 4 is 0 Å². The maximum Gasteiger partial charge on any atom is 0.0829 e. The fourth-order valence-electron chi connectivity index (χ4n) is 3.13. The van der Waals surface area contributed by atoms with Crippen LogP contribution < -0.4 is 5.32 Å². The molecule has 0 spiro atoms. The lowest BCUT2D eigenvalue weighted by Gasteiger charge is -2.37. The summed E-state index contributed by atoms with van der Waals surface area (Å²) in [6.07, 6.45) is 3.05. The molecule has 2 aliphatic rings. The van der Waals surface area contributed by atoms with E-state index in [2.05, 4.69) is 36.0 Å². The number of piperidine rings is 1. The third kappa shape index (κ3) is 5.03. The topological polar surface area (TPSA) is 27.7 Å². The Balaban J connectivity index is 1.81. The smallest absolute Gasteiger partial charge is 0.0829 e. The lowest BCUT2D eigenvalue weighted by atomic mass is 9.97. The summed E-state index contributed by atoms with van der Waals surface area (Å²) in [4.78, 5) is 5.01. The van der Waals surface area contributed by atoms with Crippen molar-refractivity contribution in [3.63, 3.8) is 0 Å². The zero-order valence-corrected chi connectivity index (χ0v) is 12.9. The molecule has 0 radical (unpaired) electrons. The van der Waals surface area contributed by atoms with Crippen molar-refractivity contribution in [3.8, 4) is 0 Å². The maximum atomic E-state index is 5.92. The SMILES string of the molecule is CC(C)N(CC1CCNCC1)CC1CN(C)CCO1. The molecule has 112 valence electrons. The Hall–Kier alpha value is -0.160. The summed E-state index contributed by atoms with van der Waals surface area (Å²) in [6.45, 7) is 12.4. The molecule has 0 saturated carbocycles. The van der Waals surface area contributed by atoms with Gasteiger partial charge in [-0.3, -0.25) is 4.90 Å². The fourth-order valence-corrected chi connectivity index (χ4v) is 3.13. The summed E-state index contributed by atoms with van der Waals surface area (Å²) >= 11 is 0. The summed E-state index contributed by atoms with van der Waals surface area (Å²) in [7, 11) is 2.20. The number of rotatable bonds is 5. The van der Waals surface area contributed by atoms with Gasteiger partial charge in [-0.25, -0.2) is 0 Å². The van der Waals surface area contributed by atoms with E-state index in [9.17, 15) is 0 Å². The molecule has 2 saturated heterocycles. The van der Waals surface area contributed by atoms with Gasteiger partial charge in [-0.1, -0.05) is 0 Å². The molecule has 2 heterocycles. The average Bonchev–Trinajstić information content (AvgIpc) is 2.39. The van der Waals surface area contributed by atoms with Crippen molar-refractivity contribution in [3.05, 3.63) is 0 Å². The Morgan fingerprint density at radius 3 is 2.63 bits per heavy atom. The molecular formula is C15H31N3O. The fraction of sp³-hybridized carbons (Fsp3) is 1.00. The number of morpholine rings is 1. The van der Waals surface area contributed by atoms with Crippen LogP contribution in [-0.4, -0.2) is 74.9 Å². The molecule has 2 fully saturated rings. The molecule has 19 heavy (non-hydrogen) atoms. The maximum absolute atomic E-state index is 5.92. The summed E-state index contributed by atoms with van der Waals surface area (Å²) < 4.78 is 5.92. The molecule has 1 unspecified atom stereocenters. The van der Waals surface area contributed by atoms with Gasteiger partial charge in [-0.2, -0.15) is 0 Å². The molecule has 0 aromatic rings. The first-order chi connectivity index (χ1) is 9.15. The molecule has 0 bridgehead atoms. The molecule has 2 rings (SSSR count). The molecule has 1 N–H and O–H groups in total. The molecule has 0 aromatic heterocycles. The second-order valence-electron chi connectivity index (χ2n) is 6.50. The van der Waals surface area contributed by atoms with E-state index in [0.29, 0.717) is 12.1 Å². The van der Waals surface area contributed by atoms with E-state index in [-0.39, 0.29) is 0 Å². The van der Waals surface area contributed by atoms with E-state index in [4.69, 9.17) is 4.74 Å². The zero-order valence-electron chi connectivity index (χ0n) is 12.9. The first-order valence-corrected chi connectivity index (χ1v) is 7.90. The van der Waals surface area contributed by atoms with Crippen LogP contribution in [0.25, 0.3) is 0 Å².